The SMILES string of the molecule is Cn1cc(/C=C(\NC(=O)c2ccccc2F)C(=O)N2CC[NH+](C)CC2)c2ccccc21. The van der Waals surface area contributed by atoms with E-state index < -0.39 is 11.7 Å². The maximum atomic E-state index is 14.1. The molecule has 0 aliphatic carbocycles. The summed E-state index contributed by atoms with van der Waals surface area (Å²) in [4.78, 5) is 29.2. The van der Waals surface area contributed by atoms with Gasteiger partial charge in [-0.2, -0.15) is 0 Å². The number of carbonyl (C=O) groups is 2. The predicted molar refractivity (Wildman–Crippen MR) is 118 cm³/mol. The molecule has 1 aromatic heterocycles. The number of piperazine rings is 1. The molecule has 2 N–H and O–H groups in total. The van der Waals surface area contributed by atoms with E-state index in [4.69, 9.17) is 0 Å². The van der Waals surface area contributed by atoms with E-state index >= 15 is 0 Å². The molecule has 3 aromatic rings. The number of para-hydroxylation sites is 1. The molecule has 2 amide bonds. The van der Waals surface area contributed by atoms with Crippen molar-refractivity contribution in [3.05, 3.63) is 77.4 Å². The fourth-order valence-electron chi connectivity index (χ4n) is 3.89. The fraction of sp³-hybridized carbons (Fsp3) is 0.250. The molecule has 0 atom stereocenters. The number of aryl methyl sites for hydroxylation is 1. The van der Waals surface area contributed by atoms with Gasteiger partial charge in [0.2, 0.25) is 0 Å². The summed E-state index contributed by atoms with van der Waals surface area (Å²) in [6.45, 7) is 2.89. The Morgan fingerprint density at radius 3 is 2.48 bits per heavy atom. The summed E-state index contributed by atoms with van der Waals surface area (Å²) in [7, 11) is 4.02. The Kier molecular flexibility index (Phi) is 5.86. The highest BCUT2D eigenvalue weighted by molar-refractivity contribution is 6.06. The lowest BCUT2D eigenvalue weighted by atomic mass is 10.1. The molecule has 2 heterocycles. The predicted octanol–water partition coefficient (Wildman–Crippen LogP) is 1.45. The monoisotopic (exact) mass is 421 g/mol. The summed E-state index contributed by atoms with van der Waals surface area (Å²) in [6.07, 6.45) is 3.61. The minimum Gasteiger partial charge on any atom is -0.350 e. The van der Waals surface area contributed by atoms with E-state index in [1.54, 1.807) is 17.0 Å². The summed E-state index contributed by atoms with van der Waals surface area (Å²) in [5.41, 5.74) is 1.88. The smallest absolute Gasteiger partial charge is 0.270 e. The van der Waals surface area contributed by atoms with Crippen molar-refractivity contribution in [1.29, 1.82) is 0 Å². The number of carbonyl (C=O) groups excluding carboxylic acids is 2. The molecule has 1 saturated heterocycles. The zero-order chi connectivity index (χ0) is 22.0. The van der Waals surface area contributed by atoms with Crippen LogP contribution in [-0.4, -0.2) is 54.5 Å². The van der Waals surface area contributed by atoms with Gasteiger partial charge in [-0.3, -0.25) is 9.59 Å². The maximum absolute atomic E-state index is 14.1. The number of benzene rings is 2. The largest absolute Gasteiger partial charge is 0.350 e. The van der Waals surface area contributed by atoms with Gasteiger partial charge in [0.05, 0.1) is 38.8 Å². The Balaban J connectivity index is 1.71. The zero-order valence-electron chi connectivity index (χ0n) is 17.7. The van der Waals surface area contributed by atoms with E-state index in [1.165, 1.54) is 23.1 Å². The normalized spacial score (nSPS) is 15.3. The molecule has 7 heteroatoms. The van der Waals surface area contributed by atoms with Crippen LogP contribution in [0.5, 0.6) is 0 Å². The van der Waals surface area contributed by atoms with E-state index in [-0.39, 0.29) is 17.2 Å². The van der Waals surface area contributed by atoms with Gasteiger partial charge in [-0.05, 0) is 24.3 Å². The van der Waals surface area contributed by atoms with Crippen molar-refractivity contribution >= 4 is 28.8 Å². The van der Waals surface area contributed by atoms with Gasteiger partial charge in [-0.25, -0.2) is 4.39 Å². The van der Waals surface area contributed by atoms with Crippen molar-refractivity contribution in [1.82, 2.24) is 14.8 Å². The highest BCUT2D eigenvalue weighted by atomic mass is 19.1. The van der Waals surface area contributed by atoms with Crippen molar-refractivity contribution in [2.24, 2.45) is 7.05 Å². The van der Waals surface area contributed by atoms with Crippen LogP contribution in [0.2, 0.25) is 0 Å². The quantitative estimate of drug-likeness (QED) is 0.627. The number of amides is 2. The summed E-state index contributed by atoms with van der Waals surface area (Å²) >= 11 is 0. The number of likely N-dealkylation sites (N-methyl/N-ethyl adjacent to an activating group) is 1. The fourth-order valence-corrected chi connectivity index (χ4v) is 3.89. The molecule has 31 heavy (non-hydrogen) atoms. The molecule has 0 unspecified atom stereocenters. The Bertz CT molecular complexity index is 1160. The molecular weight excluding hydrogens is 395 g/mol. The van der Waals surface area contributed by atoms with Gasteiger partial charge in [-0.15, -0.1) is 0 Å². The third-order valence-corrected chi connectivity index (χ3v) is 5.73. The van der Waals surface area contributed by atoms with Crippen LogP contribution in [0.4, 0.5) is 4.39 Å². The Labute approximate surface area is 180 Å². The van der Waals surface area contributed by atoms with E-state index in [9.17, 15) is 14.0 Å². The lowest BCUT2D eigenvalue weighted by molar-refractivity contribution is -0.883. The first-order valence-electron chi connectivity index (χ1n) is 10.4. The minimum absolute atomic E-state index is 0.0954. The maximum Gasteiger partial charge on any atom is 0.270 e. The van der Waals surface area contributed by atoms with Crippen LogP contribution >= 0.6 is 0 Å². The van der Waals surface area contributed by atoms with Gasteiger partial charge in [0.25, 0.3) is 11.8 Å². The highest BCUT2D eigenvalue weighted by Gasteiger charge is 2.26. The first kappa shape index (κ1) is 20.8. The van der Waals surface area contributed by atoms with Crippen LogP contribution in [0.25, 0.3) is 17.0 Å². The van der Waals surface area contributed by atoms with E-state index in [0.29, 0.717) is 13.1 Å². The van der Waals surface area contributed by atoms with Crippen molar-refractivity contribution in [3.8, 4) is 0 Å². The number of halogens is 1. The average Bonchev–Trinajstić information content (AvgIpc) is 3.09. The van der Waals surface area contributed by atoms with Gasteiger partial charge in [0.1, 0.15) is 11.5 Å². The van der Waals surface area contributed by atoms with Crippen LogP contribution in [0.15, 0.2) is 60.4 Å². The molecule has 0 saturated carbocycles. The van der Waals surface area contributed by atoms with E-state index in [1.807, 2.05) is 42.1 Å². The van der Waals surface area contributed by atoms with Gasteiger partial charge < -0.3 is 19.7 Å². The zero-order valence-corrected chi connectivity index (χ0v) is 17.7. The second-order valence-electron chi connectivity index (χ2n) is 7.95. The van der Waals surface area contributed by atoms with Crippen molar-refractivity contribution in [2.45, 2.75) is 0 Å². The van der Waals surface area contributed by atoms with Crippen molar-refractivity contribution in [3.63, 3.8) is 0 Å². The molecule has 4 rings (SSSR count). The molecule has 0 spiro atoms. The number of nitrogens with one attached hydrogen (secondary N) is 2. The van der Waals surface area contributed by atoms with Gasteiger partial charge >= 0.3 is 0 Å². The Morgan fingerprint density at radius 2 is 1.74 bits per heavy atom. The van der Waals surface area contributed by atoms with E-state index in [0.717, 1.165) is 29.6 Å². The molecule has 0 radical (unpaired) electrons. The second-order valence-corrected chi connectivity index (χ2v) is 7.95. The summed E-state index contributed by atoms with van der Waals surface area (Å²) in [6, 6.07) is 13.6. The number of aromatic nitrogens is 1. The minimum atomic E-state index is -0.641. The van der Waals surface area contributed by atoms with Crippen LogP contribution in [0.1, 0.15) is 15.9 Å². The van der Waals surface area contributed by atoms with Crippen LogP contribution < -0.4 is 10.2 Å². The highest BCUT2D eigenvalue weighted by Crippen LogP contribution is 2.23. The average molecular weight is 421 g/mol. The van der Waals surface area contributed by atoms with Crippen LogP contribution in [0, 0.1) is 5.82 Å². The number of nitrogens with zero attached hydrogens (tertiary/aromatic N) is 2. The molecule has 1 aliphatic heterocycles. The molecule has 2 aromatic carbocycles. The molecular formula is C24H26FN4O2+. The second kappa shape index (κ2) is 8.73. The number of quaternary nitrogens is 1. The topological polar surface area (TPSA) is 58.8 Å². The van der Waals surface area contributed by atoms with Crippen LogP contribution in [-0.2, 0) is 11.8 Å². The van der Waals surface area contributed by atoms with Gasteiger partial charge in [0.15, 0.2) is 0 Å². The van der Waals surface area contributed by atoms with E-state index in [2.05, 4.69) is 12.4 Å². The summed E-state index contributed by atoms with van der Waals surface area (Å²) in [5, 5.41) is 3.65. The number of rotatable bonds is 4. The summed E-state index contributed by atoms with van der Waals surface area (Å²) in [5.74, 6) is -1.53. The molecule has 1 fully saturated rings. The van der Waals surface area contributed by atoms with Crippen LogP contribution in [0.3, 0.4) is 0 Å². The van der Waals surface area contributed by atoms with Gasteiger partial charge in [-0.1, -0.05) is 30.3 Å². The van der Waals surface area contributed by atoms with Gasteiger partial charge in [0, 0.05) is 29.7 Å². The Morgan fingerprint density at radius 1 is 1.06 bits per heavy atom. The molecule has 1 aliphatic rings. The lowest BCUT2D eigenvalue weighted by Crippen LogP contribution is -3.12. The molecule has 6 nitrogen and oxygen atoms in total. The summed E-state index contributed by atoms with van der Waals surface area (Å²) < 4.78 is 16.1. The third kappa shape index (κ3) is 4.36. The number of fused-ring (bicyclic) bond motifs is 1. The molecule has 160 valence electrons. The standard InChI is InChI=1S/C24H25FN4O2/c1-27-11-13-29(14-12-27)24(31)21(26-23(30)19-8-3-5-9-20(19)25)15-17-16-28(2)22-10-6-4-7-18(17)22/h3-10,15-16H,11-14H2,1-2H3,(H,26,30)/p+1/b21-15-. The first-order chi connectivity index (χ1) is 14.9. The van der Waals surface area contributed by atoms with Crippen molar-refractivity contribution in [2.75, 3.05) is 33.2 Å². The molecule has 0 bridgehead atoms. The number of hydrogen-bond donors (Lipinski definition) is 2. The Hall–Kier alpha value is -3.45. The lowest BCUT2D eigenvalue weighted by Gasteiger charge is -2.30. The first-order valence-corrected chi connectivity index (χ1v) is 10.4. The third-order valence-electron chi connectivity index (χ3n) is 5.73. The van der Waals surface area contributed by atoms with Crippen molar-refractivity contribution < 1.29 is 18.9 Å². The number of hydrogen-bond acceptors (Lipinski definition) is 2.